The van der Waals surface area contributed by atoms with Crippen LogP contribution in [0.4, 0.5) is 4.39 Å². The zero-order chi connectivity index (χ0) is 15.8. The smallest absolute Gasteiger partial charge is 0.176 e. The molecule has 4 saturated carbocycles. The van der Waals surface area contributed by atoms with Crippen LogP contribution in [0.15, 0.2) is 0 Å². The summed E-state index contributed by atoms with van der Waals surface area (Å²) >= 11 is 0. The lowest BCUT2D eigenvalue weighted by molar-refractivity contribution is -0.188. The molecule has 0 heterocycles. The monoisotopic (exact) mass is 307 g/mol. The fraction of sp³-hybridized carbons (Fsp3) is 0.895. The molecule has 4 aliphatic rings. The van der Waals surface area contributed by atoms with Crippen LogP contribution >= 0.6 is 0 Å². The molecule has 4 fully saturated rings. The fourth-order valence-corrected chi connectivity index (χ4v) is 6.71. The number of halogens is 1. The Morgan fingerprint density at radius 1 is 1.18 bits per heavy atom. The molecule has 4 rings (SSSR count). The van der Waals surface area contributed by atoms with Crippen LogP contribution in [0, 0.1) is 35.0 Å². The van der Waals surface area contributed by atoms with E-state index in [1.165, 1.54) is 6.42 Å². The van der Waals surface area contributed by atoms with Gasteiger partial charge in [-0.15, -0.1) is 0 Å². The zero-order valence-corrected chi connectivity index (χ0v) is 13.8. The lowest BCUT2D eigenvalue weighted by Gasteiger charge is -2.61. The summed E-state index contributed by atoms with van der Waals surface area (Å²) in [5.41, 5.74) is -2.08. The molecule has 1 N–H and O–H groups in total. The van der Waals surface area contributed by atoms with Crippen molar-refractivity contribution in [1.82, 2.24) is 0 Å². The Morgan fingerprint density at radius 3 is 2.73 bits per heavy atom. The van der Waals surface area contributed by atoms with Gasteiger partial charge in [0.1, 0.15) is 0 Å². The normalized spacial score (nSPS) is 57.9. The Hall–Kier alpha value is -0.440. The van der Waals surface area contributed by atoms with Crippen molar-refractivity contribution in [2.75, 3.05) is 0 Å². The lowest BCUT2D eigenvalue weighted by atomic mass is 9.44. The summed E-state index contributed by atoms with van der Waals surface area (Å²) in [6.45, 7) is 4.35. The molecule has 2 nitrogen and oxygen atoms in total. The van der Waals surface area contributed by atoms with Crippen LogP contribution in [0.5, 0.6) is 0 Å². The average Bonchev–Trinajstić information content (AvgIpc) is 2.84. The SMILES string of the molecule is C[C@@]12[CH]CC[C@H]1[C@@H]1CC(=O)C3(F)CC(O)CC[C@]3(C)[C@@H]1CC2. The second kappa shape index (κ2) is 4.55. The molecule has 0 amide bonds. The summed E-state index contributed by atoms with van der Waals surface area (Å²) in [7, 11) is 0. The van der Waals surface area contributed by atoms with Gasteiger partial charge in [-0.25, -0.2) is 4.39 Å². The third-order valence-electron chi connectivity index (χ3n) is 8.06. The molecule has 7 atom stereocenters. The van der Waals surface area contributed by atoms with Gasteiger partial charge in [-0.2, -0.15) is 0 Å². The largest absolute Gasteiger partial charge is 0.393 e. The summed E-state index contributed by atoms with van der Waals surface area (Å²) in [5, 5.41) is 9.94. The Bertz CT molecular complexity index is 506. The van der Waals surface area contributed by atoms with Crippen molar-refractivity contribution in [3.05, 3.63) is 6.42 Å². The number of alkyl halides is 1. The number of carbonyl (C=O) groups excluding carboxylic acids is 1. The Balaban J connectivity index is 1.73. The van der Waals surface area contributed by atoms with Gasteiger partial charge in [-0.1, -0.05) is 13.8 Å². The highest BCUT2D eigenvalue weighted by atomic mass is 19.1. The third-order valence-corrected chi connectivity index (χ3v) is 8.06. The van der Waals surface area contributed by atoms with Crippen molar-refractivity contribution in [2.45, 2.75) is 77.0 Å². The molecular formula is C19H28FO2. The average molecular weight is 307 g/mol. The Morgan fingerprint density at radius 2 is 1.95 bits per heavy atom. The number of carbonyl (C=O) groups is 1. The van der Waals surface area contributed by atoms with Gasteiger partial charge in [-0.3, -0.25) is 4.79 Å². The van der Waals surface area contributed by atoms with E-state index >= 15 is 4.39 Å². The first-order valence-electron chi connectivity index (χ1n) is 9.05. The van der Waals surface area contributed by atoms with E-state index in [2.05, 4.69) is 13.3 Å². The van der Waals surface area contributed by atoms with Crippen molar-refractivity contribution in [3.63, 3.8) is 0 Å². The van der Waals surface area contributed by atoms with E-state index in [0.717, 1.165) is 19.3 Å². The molecule has 1 radical (unpaired) electrons. The lowest BCUT2D eigenvalue weighted by Crippen LogP contribution is -2.64. The van der Waals surface area contributed by atoms with Crippen molar-refractivity contribution < 1.29 is 14.3 Å². The van der Waals surface area contributed by atoms with E-state index < -0.39 is 17.2 Å². The molecule has 0 saturated heterocycles. The molecule has 0 aromatic rings. The van der Waals surface area contributed by atoms with Crippen molar-refractivity contribution in [3.8, 4) is 0 Å². The molecule has 0 bridgehead atoms. The second-order valence-electron chi connectivity index (χ2n) is 8.95. The highest BCUT2D eigenvalue weighted by Crippen LogP contribution is 2.67. The summed E-state index contributed by atoms with van der Waals surface area (Å²) in [6, 6.07) is 0. The molecular weight excluding hydrogens is 279 g/mol. The summed E-state index contributed by atoms with van der Waals surface area (Å²) in [4.78, 5) is 12.8. The number of fused-ring (bicyclic) bond motifs is 5. The predicted octanol–water partition coefficient (Wildman–Crippen LogP) is 3.87. The number of aliphatic hydroxyl groups is 1. The Labute approximate surface area is 132 Å². The zero-order valence-electron chi connectivity index (χ0n) is 13.8. The molecule has 0 spiro atoms. The quantitative estimate of drug-likeness (QED) is 0.738. The maximum Gasteiger partial charge on any atom is 0.176 e. The molecule has 0 aromatic heterocycles. The van der Waals surface area contributed by atoms with Gasteiger partial charge in [0.15, 0.2) is 11.5 Å². The van der Waals surface area contributed by atoms with Crippen LogP contribution in [-0.4, -0.2) is 22.7 Å². The van der Waals surface area contributed by atoms with Crippen LogP contribution in [0.3, 0.4) is 0 Å². The molecule has 4 aliphatic carbocycles. The Kier molecular flexibility index (Phi) is 3.13. The number of hydrogen-bond donors (Lipinski definition) is 1. The van der Waals surface area contributed by atoms with E-state index in [9.17, 15) is 9.90 Å². The first kappa shape index (κ1) is 15.1. The van der Waals surface area contributed by atoms with Crippen molar-refractivity contribution >= 4 is 5.78 Å². The highest BCUT2D eigenvalue weighted by molar-refractivity contribution is 5.89. The maximum absolute atomic E-state index is 15.7. The van der Waals surface area contributed by atoms with Crippen LogP contribution in [-0.2, 0) is 4.79 Å². The minimum atomic E-state index is -1.79. The summed E-state index contributed by atoms with van der Waals surface area (Å²) < 4.78 is 15.7. The van der Waals surface area contributed by atoms with Gasteiger partial charge in [0.05, 0.1) is 6.10 Å². The number of rotatable bonds is 0. The number of aliphatic hydroxyl groups excluding tert-OH is 1. The molecule has 0 aromatic carbocycles. The predicted molar refractivity (Wildman–Crippen MR) is 82.8 cm³/mol. The maximum atomic E-state index is 15.7. The van der Waals surface area contributed by atoms with Gasteiger partial charge in [0.2, 0.25) is 0 Å². The first-order valence-corrected chi connectivity index (χ1v) is 9.05. The van der Waals surface area contributed by atoms with Gasteiger partial charge in [0, 0.05) is 18.3 Å². The fourth-order valence-electron chi connectivity index (χ4n) is 6.71. The van der Waals surface area contributed by atoms with E-state index in [1.807, 2.05) is 6.92 Å². The van der Waals surface area contributed by atoms with E-state index in [1.54, 1.807) is 0 Å². The van der Waals surface area contributed by atoms with Crippen LogP contribution in [0.25, 0.3) is 0 Å². The van der Waals surface area contributed by atoms with E-state index in [-0.39, 0.29) is 17.6 Å². The topological polar surface area (TPSA) is 37.3 Å². The van der Waals surface area contributed by atoms with Gasteiger partial charge in [0.25, 0.3) is 0 Å². The molecule has 3 heteroatoms. The molecule has 2 unspecified atom stereocenters. The minimum Gasteiger partial charge on any atom is -0.393 e. The third kappa shape index (κ3) is 1.72. The minimum absolute atomic E-state index is 0.0274. The van der Waals surface area contributed by atoms with E-state index in [4.69, 9.17) is 0 Å². The van der Waals surface area contributed by atoms with Crippen molar-refractivity contribution in [1.29, 1.82) is 0 Å². The van der Waals surface area contributed by atoms with Crippen molar-refractivity contribution in [2.24, 2.45) is 28.6 Å². The van der Waals surface area contributed by atoms with Crippen LogP contribution < -0.4 is 0 Å². The van der Waals surface area contributed by atoms with Gasteiger partial charge in [-0.05, 0) is 68.1 Å². The van der Waals surface area contributed by atoms with E-state index in [0.29, 0.717) is 37.0 Å². The second-order valence-corrected chi connectivity index (χ2v) is 8.95. The number of ketones is 1. The summed E-state index contributed by atoms with van der Waals surface area (Å²) in [6.07, 6.45) is 8.04. The van der Waals surface area contributed by atoms with Crippen LogP contribution in [0.1, 0.15) is 65.2 Å². The van der Waals surface area contributed by atoms with Gasteiger partial charge >= 0.3 is 0 Å². The molecule has 0 aliphatic heterocycles. The highest BCUT2D eigenvalue weighted by Gasteiger charge is 2.67. The first-order chi connectivity index (χ1) is 10.3. The van der Waals surface area contributed by atoms with Gasteiger partial charge < -0.3 is 5.11 Å². The molecule has 123 valence electrons. The molecule has 22 heavy (non-hydrogen) atoms. The summed E-state index contributed by atoms with van der Waals surface area (Å²) in [5.74, 6) is 1.01. The number of hydrogen-bond acceptors (Lipinski definition) is 2. The standard InChI is InChI=1S/C19H28FO2/c1-17-7-3-4-14(17)13-10-16(22)19(20)11-12(21)5-9-18(19,2)15(13)6-8-17/h7,12-15,21H,3-6,8-11H2,1-2H3/t12?,13-,14-,15+,17-,18+,19?/m0/s1. The van der Waals surface area contributed by atoms with Crippen LogP contribution in [0.2, 0.25) is 0 Å². The number of Topliss-reactive ketones (excluding diaryl/α,β-unsaturated/α-hetero) is 1.